The van der Waals surface area contributed by atoms with Crippen molar-refractivity contribution in [1.29, 1.82) is 0 Å². The van der Waals surface area contributed by atoms with Gasteiger partial charge >= 0.3 is 0 Å². The van der Waals surface area contributed by atoms with Crippen molar-refractivity contribution < 1.29 is 4.92 Å². The maximum Gasteiger partial charge on any atom is 0.269 e. The van der Waals surface area contributed by atoms with Gasteiger partial charge in [-0.15, -0.1) is 11.3 Å². The molecule has 8 heteroatoms. The van der Waals surface area contributed by atoms with E-state index in [0.29, 0.717) is 16.3 Å². The molecule has 2 aromatic carbocycles. The number of benzene rings is 2. The molecule has 0 atom stereocenters. The Kier molecular flexibility index (Phi) is 6.67. The smallest absolute Gasteiger partial charge is 0.268 e. The Morgan fingerprint density at radius 3 is 2.61 bits per heavy atom. The predicted octanol–water partition coefficient (Wildman–Crippen LogP) is 6.53. The Morgan fingerprint density at radius 2 is 1.91 bits per heavy atom. The van der Waals surface area contributed by atoms with Gasteiger partial charge in [0.25, 0.3) is 11.2 Å². The topological polar surface area (TPSA) is 78.0 Å². The highest BCUT2D eigenvalue weighted by atomic mass is 32.2. The van der Waals surface area contributed by atoms with Gasteiger partial charge in [-0.05, 0) is 61.6 Å². The Morgan fingerprint density at radius 1 is 1.12 bits per heavy atom. The van der Waals surface area contributed by atoms with Gasteiger partial charge in [-0.3, -0.25) is 19.5 Å². The summed E-state index contributed by atoms with van der Waals surface area (Å²) in [5.74, 6) is 0.469. The maximum absolute atomic E-state index is 13.8. The van der Waals surface area contributed by atoms with Crippen LogP contribution in [0, 0.1) is 30.9 Å². The summed E-state index contributed by atoms with van der Waals surface area (Å²) in [6.07, 6.45) is 1.93. The van der Waals surface area contributed by atoms with Crippen LogP contribution in [0.25, 0.3) is 15.9 Å². The number of fused-ring (bicyclic) bond motifs is 1. The summed E-state index contributed by atoms with van der Waals surface area (Å²) in [6.45, 7) is 8.21. The molecule has 0 radical (unpaired) electrons. The lowest BCUT2D eigenvalue weighted by Gasteiger charge is -2.14. The molecule has 2 heterocycles. The second-order valence-electron chi connectivity index (χ2n) is 8.10. The number of hydrogen-bond donors (Lipinski definition) is 0. The molecule has 0 N–H and O–H groups in total. The lowest BCUT2D eigenvalue weighted by atomic mass is 10.1. The molecular formula is C25H25N3O3S2. The van der Waals surface area contributed by atoms with Crippen LogP contribution in [0.4, 0.5) is 5.69 Å². The van der Waals surface area contributed by atoms with Crippen molar-refractivity contribution >= 4 is 39.0 Å². The third kappa shape index (κ3) is 4.58. The zero-order chi connectivity index (χ0) is 23.7. The zero-order valence-corrected chi connectivity index (χ0v) is 20.7. The van der Waals surface area contributed by atoms with E-state index in [2.05, 4.69) is 6.92 Å². The number of nitro benzene ring substituents is 1. The number of thioether (sulfide) groups is 1. The number of thiophene rings is 1. The first-order valence-corrected chi connectivity index (χ1v) is 12.6. The van der Waals surface area contributed by atoms with E-state index in [4.69, 9.17) is 4.98 Å². The van der Waals surface area contributed by atoms with E-state index in [-0.39, 0.29) is 11.2 Å². The number of aromatic nitrogens is 2. The van der Waals surface area contributed by atoms with Crippen molar-refractivity contribution in [2.45, 2.75) is 51.4 Å². The summed E-state index contributed by atoms with van der Waals surface area (Å²) in [4.78, 5) is 31.4. The molecule has 0 saturated heterocycles. The minimum atomic E-state index is -0.396. The van der Waals surface area contributed by atoms with Gasteiger partial charge in [0.05, 0.1) is 16.0 Å². The van der Waals surface area contributed by atoms with Gasteiger partial charge in [-0.25, -0.2) is 4.98 Å². The zero-order valence-electron chi connectivity index (χ0n) is 19.0. The fourth-order valence-corrected chi connectivity index (χ4v) is 6.05. The quantitative estimate of drug-likeness (QED) is 0.130. The van der Waals surface area contributed by atoms with E-state index in [1.165, 1.54) is 22.7 Å². The number of rotatable bonds is 7. The third-order valence-electron chi connectivity index (χ3n) is 5.75. The third-order valence-corrected chi connectivity index (χ3v) is 8.00. The fourth-order valence-electron chi connectivity index (χ4n) is 3.77. The van der Waals surface area contributed by atoms with Gasteiger partial charge in [0.15, 0.2) is 5.16 Å². The first-order chi connectivity index (χ1) is 15.8. The van der Waals surface area contributed by atoms with E-state index in [9.17, 15) is 14.9 Å². The van der Waals surface area contributed by atoms with E-state index in [0.717, 1.165) is 45.6 Å². The molecule has 6 nitrogen and oxygen atoms in total. The molecule has 0 saturated carbocycles. The minimum absolute atomic E-state index is 0.0566. The van der Waals surface area contributed by atoms with Crippen molar-refractivity contribution in [2.24, 2.45) is 0 Å². The fraction of sp³-hybridized carbons (Fsp3) is 0.280. The van der Waals surface area contributed by atoms with E-state index < -0.39 is 4.92 Å². The largest absolute Gasteiger partial charge is 0.269 e. The molecular weight excluding hydrogens is 454 g/mol. The summed E-state index contributed by atoms with van der Waals surface area (Å²) in [5, 5.41) is 12.4. The van der Waals surface area contributed by atoms with Gasteiger partial charge < -0.3 is 0 Å². The van der Waals surface area contributed by atoms with E-state index in [1.54, 1.807) is 28.0 Å². The van der Waals surface area contributed by atoms with Crippen LogP contribution in [0.2, 0.25) is 0 Å². The minimum Gasteiger partial charge on any atom is -0.268 e. The Hall–Kier alpha value is -2.97. The molecule has 0 amide bonds. The lowest BCUT2D eigenvalue weighted by molar-refractivity contribution is -0.384. The number of hydrogen-bond acceptors (Lipinski definition) is 6. The van der Waals surface area contributed by atoms with E-state index in [1.807, 2.05) is 45.0 Å². The summed E-state index contributed by atoms with van der Waals surface area (Å²) < 4.78 is 1.69. The van der Waals surface area contributed by atoms with E-state index >= 15 is 0 Å². The summed E-state index contributed by atoms with van der Waals surface area (Å²) in [5.41, 5.74) is 4.85. The normalized spacial score (nSPS) is 11.3. The summed E-state index contributed by atoms with van der Waals surface area (Å²) in [7, 11) is 0. The average Bonchev–Trinajstić information content (AvgIpc) is 3.10. The van der Waals surface area contributed by atoms with Crippen LogP contribution in [0.5, 0.6) is 0 Å². The first-order valence-electron chi connectivity index (χ1n) is 10.8. The maximum atomic E-state index is 13.8. The van der Waals surface area contributed by atoms with Crippen molar-refractivity contribution in [3.05, 3.63) is 90.1 Å². The molecule has 33 heavy (non-hydrogen) atoms. The van der Waals surface area contributed by atoms with Crippen LogP contribution in [-0.2, 0) is 12.2 Å². The Labute approximate surface area is 200 Å². The second kappa shape index (κ2) is 9.49. The molecule has 170 valence electrons. The van der Waals surface area contributed by atoms with Crippen LogP contribution in [-0.4, -0.2) is 14.5 Å². The molecule has 2 aromatic heterocycles. The van der Waals surface area contributed by atoms with Gasteiger partial charge in [0.1, 0.15) is 4.83 Å². The highest BCUT2D eigenvalue weighted by molar-refractivity contribution is 7.98. The molecule has 0 aliphatic carbocycles. The molecule has 0 spiro atoms. The highest BCUT2D eigenvalue weighted by Gasteiger charge is 2.19. The van der Waals surface area contributed by atoms with Crippen molar-refractivity contribution in [3.8, 4) is 5.69 Å². The molecule has 0 unspecified atom stereocenters. The molecule has 0 aliphatic heterocycles. The predicted molar refractivity (Wildman–Crippen MR) is 136 cm³/mol. The Bertz CT molecular complexity index is 1420. The summed E-state index contributed by atoms with van der Waals surface area (Å²) >= 11 is 3.01. The Balaban J connectivity index is 1.86. The standard InChI is InChI=1S/C25H25N3O3S2/c1-5-7-21-17(4)22-23(33-21)26-25(32-14-18-8-6-9-20(13-18)28(30)31)27(24(22)29)19-11-10-15(2)16(3)12-19/h6,8-13H,5,7,14H2,1-4H3. The van der Waals surface area contributed by atoms with Crippen LogP contribution < -0.4 is 5.56 Å². The number of nitro groups is 1. The van der Waals surface area contributed by atoms with Crippen molar-refractivity contribution in [2.75, 3.05) is 0 Å². The van der Waals surface area contributed by atoms with Crippen LogP contribution in [0.1, 0.15) is 40.5 Å². The van der Waals surface area contributed by atoms with Gasteiger partial charge in [0.2, 0.25) is 0 Å². The SMILES string of the molecule is CCCc1sc2nc(SCc3cccc([N+](=O)[O-])c3)n(-c3ccc(C)c(C)c3)c(=O)c2c1C. The average molecular weight is 480 g/mol. The van der Waals surface area contributed by atoms with Crippen molar-refractivity contribution in [1.82, 2.24) is 9.55 Å². The molecule has 0 bridgehead atoms. The lowest BCUT2D eigenvalue weighted by Crippen LogP contribution is -2.21. The number of non-ortho nitro benzene ring substituents is 1. The number of nitrogens with zero attached hydrogens (tertiary/aromatic N) is 3. The van der Waals surface area contributed by atoms with Crippen LogP contribution in [0.3, 0.4) is 0 Å². The molecule has 4 aromatic rings. The first kappa shape index (κ1) is 23.2. The molecule has 0 fully saturated rings. The van der Waals surface area contributed by atoms with Crippen LogP contribution >= 0.6 is 23.1 Å². The monoisotopic (exact) mass is 479 g/mol. The van der Waals surface area contributed by atoms with Crippen molar-refractivity contribution in [3.63, 3.8) is 0 Å². The molecule has 4 rings (SSSR count). The van der Waals surface area contributed by atoms with Crippen LogP contribution in [0.15, 0.2) is 52.4 Å². The van der Waals surface area contributed by atoms with Gasteiger partial charge in [0, 0.05) is 22.8 Å². The summed E-state index contributed by atoms with van der Waals surface area (Å²) in [6, 6.07) is 12.6. The second-order valence-corrected chi connectivity index (χ2v) is 10.1. The highest BCUT2D eigenvalue weighted by Crippen LogP contribution is 2.32. The van der Waals surface area contributed by atoms with Gasteiger partial charge in [-0.1, -0.05) is 43.3 Å². The number of aryl methyl sites for hydroxylation is 4. The molecule has 0 aliphatic rings. The van der Waals surface area contributed by atoms with Gasteiger partial charge in [-0.2, -0.15) is 0 Å².